The Morgan fingerprint density at radius 3 is 3.14 bits per heavy atom. The summed E-state index contributed by atoms with van der Waals surface area (Å²) in [5.74, 6) is 0. The first-order valence-corrected chi connectivity index (χ1v) is 3.49. The molecule has 1 aliphatic rings. The molecule has 2 nitrogen and oxygen atoms in total. The highest BCUT2D eigenvalue weighted by Crippen LogP contribution is 2.04. The standard InChI is InChI=1S/C4H8N2S/c1-7-4-2-5-3-6-4/h3-4H,2H2,1H3,(H,5,6). The normalized spacial score (nSPS) is 27.9. The minimum atomic E-state index is 0.542. The van der Waals surface area contributed by atoms with Gasteiger partial charge < -0.3 is 5.32 Å². The molecule has 1 N–H and O–H groups in total. The second kappa shape index (κ2) is 2.21. The fourth-order valence-electron chi connectivity index (χ4n) is 0.480. The van der Waals surface area contributed by atoms with Crippen LogP contribution in [0, 0.1) is 0 Å². The van der Waals surface area contributed by atoms with Gasteiger partial charge in [-0.25, -0.2) is 0 Å². The molecule has 7 heavy (non-hydrogen) atoms. The lowest BCUT2D eigenvalue weighted by Gasteiger charge is -2.01. The van der Waals surface area contributed by atoms with E-state index >= 15 is 0 Å². The zero-order valence-corrected chi connectivity index (χ0v) is 5.03. The van der Waals surface area contributed by atoms with Gasteiger partial charge in [-0.3, -0.25) is 4.99 Å². The average Bonchev–Trinajstić information content (AvgIpc) is 2.14. The molecule has 0 aromatic heterocycles. The number of nitrogens with one attached hydrogen (secondary N) is 1. The minimum absolute atomic E-state index is 0.542. The number of hydrogen-bond acceptors (Lipinski definition) is 3. The third kappa shape index (κ3) is 1.09. The van der Waals surface area contributed by atoms with Crippen molar-refractivity contribution in [1.29, 1.82) is 0 Å². The fourth-order valence-corrected chi connectivity index (χ4v) is 0.912. The third-order valence-corrected chi connectivity index (χ3v) is 1.76. The van der Waals surface area contributed by atoms with E-state index in [0.717, 1.165) is 6.54 Å². The van der Waals surface area contributed by atoms with Crippen molar-refractivity contribution >= 4 is 18.1 Å². The molecule has 0 spiro atoms. The predicted molar refractivity (Wildman–Crippen MR) is 33.8 cm³/mol. The van der Waals surface area contributed by atoms with E-state index < -0.39 is 0 Å². The van der Waals surface area contributed by atoms with Crippen LogP contribution >= 0.6 is 11.8 Å². The van der Waals surface area contributed by atoms with Crippen LogP contribution in [0.5, 0.6) is 0 Å². The van der Waals surface area contributed by atoms with Gasteiger partial charge in [0.15, 0.2) is 0 Å². The smallest absolute Gasteiger partial charge is 0.0924 e. The maximum absolute atomic E-state index is 3.98. The molecule has 0 amide bonds. The molecule has 1 aliphatic heterocycles. The average molecular weight is 116 g/mol. The number of hydrogen-bond donors (Lipinski definition) is 1. The van der Waals surface area contributed by atoms with E-state index in [2.05, 4.69) is 16.6 Å². The number of aliphatic imine (C=N–C) groups is 1. The van der Waals surface area contributed by atoms with E-state index in [0.29, 0.717) is 5.37 Å². The Balaban J connectivity index is 2.22. The van der Waals surface area contributed by atoms with Crippen LogP contribution in [-0.2, 0) is 0 Å². The van der Waals surface area contributed by atoms with Crippen molar-refractivity contribution in [3.05, 3.63) is 0 Å². The lowest BCUT2D eigenvalue weighted by molar-refractivity contribution is 0.898. The first kappa shape index (κ1) is 4.97. The van der Waals surface area contributed by atoms with E-state index in [9.17, 15) is 0 Å². The molecule has 3 heteroatoms. The van der Waals surface area contributed by atoms with Gasteiger partial charge in [-0.05, 0) is 6.26 Å². The third-order valence-electron chi connectivity index (χ3n) is 0.907. The van der Waals surface area contributed by atoms with E-state index in [1.54, 1.807) is 18.1 Å². The molecule has 0 radical (unpaired) electrons. The van der Waals surface area contributed by atoms with Gasteiger partial charge in [-0.1, -0.05) is 0 Å². The van der Waals surface area contributed by atoms with Crippen molar-refractivity contribution in [1.82, 2.24) is 5.32 Å². The summed E-state index contributed by atoms with van der Waals surface area (Å²) in [4.78, 5) is 3.98. The topological polar surface area (TPSA) is 24.4 Å². The molecular formula is C4H8N2S. The summed E-state index contributed by atoms with van der Waals surface area (Å²) in [6, 6.07) is 0. The lowest BCUT2D eigenvalue weighted by atomic mass is 10.7. The summed E-state index contributed by atoms with van der Waals surface area (Å²) in [7, 11) is 0. The Morgan fingerprint density at radius 2 is 2.86 bits per heavy atom. The number of thioether (sulfide) groups is 1. The van der Waals surface area contributed by atoms with Crippen molar-refractivity contribution < 1.29 is 0 Å². The second-order valence-corrected chi connectivity index (χ2v) is 2.43. The first-order chi connectivity index (χ1) is 3.43. The van der Waals surface area contributed by atoms with Crippen molar-refractivity contribution in [3.63, 3.8) is 0 Å². The minimum Gasteiger partial charge on any atom is -0.363 e. The SMILES string of the molecule is CSC1CN=CN1. The summed E-state index contributed by atoms with van der Waals surface area (Å²) < 4.78 is 0. The Hall–Kier alpha value is -0.180. The van der Waals surface area contributed by atoms with Crippen LogP contribution in [0.25, 0.3) is 0 Å². The number of rotatable bonds is 1. The molecule has 0 aromatic carbocycles. The van der Waals surface area contributed by atoms with Gasteiger partial charge in [0.05, 0.1) is 18.3 Å². The van der Waals surface area contributed by atoms with Crippen LogP contribution in [-0.4, -0.2) is 24.5 Å². The zero-order chi connectivity index (χ0) is 5.11. The Kier molecular flexibility index (Phi) is 1.57. The van der Waals surface area contributed by atoms with Gasteiger partial charge in [0, 0.05) is 0 Å². The lowest BCUT2D eigenvalue weighted by Crippen LogP contribution is -2.19. The highest BCUT2D eigenvalue weighted by molar-refractivity contribution is 7.99. The summed E-state index contributed by atoms with van der Waals surface area (Å²) >= 11 is 1.80. The first-order valence-electron chi connectivity index (χ1n) is 2.20. The predicted octanol–water partition coefficient (Wildman–Crippen LogP) is 0.307. The van der Waals surface area contributed by atoms with Crippen LogP contribution in [0.3, 0.4) is 0 Å². The summed E-state index contributed by atoms with van der Waals surface area (Å²) in [5.41, 5.74) is 0. The summed E-state index contributed by atoms with van der Waals surface area (Å²) in [5, 5.41) is 3.62. The Bertz CT molecular complexity index is 73.8. The Labute approximate surface area is 47.4 Å². The van der Waals surface area contributed by atoms with E-state index in [1.165, 1.54) is 0 Å². The van der Waals surface area contributed by atoms with Gasteiger partial charge in [-0.2, -0.15) is 0 Å². The molecular weight excluding hydrogens is 108 g/mol. The largest absolute Gasteiger partial charge is 0.363 e. The molecule has 40 valence electrons. The molecule has 1 rings (SSSR count). The molecule has 0 fully saturated rings. The maximum Gasteiger partial charge on any atom is 0.0924 e. The van der Waals surface area contributed by atoms with Crippen molar-refractivity contribution in [2.24, 2.45) is 4.99 Å². The van der Waals surface area contributed by atoms with Gasteiger partial charge >= 0.3 is 0 Å². The van der Waals surface area contributed by atoms with E-state index in [1.807, 2.05) is 0 Å². The van der Waals surface area contributed by atoms with Crippen LogP contribution in [0.2, 0.25) is 0 Å². The molecule has 1 atom stereocenters. The highest BCUT2D eigenvalue weighted by atomic mass is 32.2. The molecule has 0 saturated carbocycles. The van der Waals surface area contributed by atoms with Gasteiger partial charge in [0.25, 0.3) is 0 Å². The zero-order valence-electron chi connectivity index (χ0n) is 4.22. The highest BCUT2D eigenvalue weighted by Gasteiger charge is 2.05. The van der Waals surface area contributed by atoms with Crippen LogP contribution in [0.15, 0.2) is 4.99 Å². The van der Waals surface area contributed by atoms with Gasteiger partial charge in [-0.15, -0.1) is 11.8 Å². The van der Waals surface area contributed by atoms with Crippen molar-refractivity contribution in [3.8, 4) is 0 Å². The monoisotopic (exact) mass is 116 g/mol. The molecule has 0 bridgehead atoms. The molecule has 0 aliphatic carbocycles. The van der Waals surface area contributed by atoms with Crippen LogP contribution in [0.1, 0.15) is 0 Å². The fraction of sp³-hybridized carbons (Fsp3) is 0.750. The number of nitrogens with zero attached hydrogens (tertiary/aromatic N) is 1. The van der Waals surface area contributed by atoms with Gasteiger partial charge in [0.1, 0.15) is 0 Å². The maximum atomic E-state index is 3.98. The van der Waals surface area contributed by atoms with Crippen molar-refractivity contribution in [2.75, 3.05) is 12.8 Å². The molecule has 1 heterocycles. The summed E-state index contributed by atoms with van der Waals surface area (Å²) in [6.07, 6.45) is 3.84. The molecule has 0 aromatic rings. The quantitative estimate of drug-likeness (QED) is 0.533. The Morgan fingerprint density at radius 1 is 2.00 bits per heavy atom. The van der Waals surface area contributed by atoms with Gasteiger partial charge in [0.2, 0.25) is 0 Å². The van der Waals surface area contributed by atoms with Crippen LogP contribution < -0.4 is 5.32 Å². The van der Waals surface area contributed by atoms with Crippen LogP contribution in [0.4, 0.5) is 0 Å². The van der Waals surface area contributed by atoms with E-state index in [-0.39, 0.29) is 0 Å². The van der Waals surface area contributed by atoms with E-state index in [4.69, 9.17) is 0 Å². The molecule has 1 unspecified atom stereocenters. The molecule has 0 saturated heterocycles. The summed E-state index contributed by atoms with van der Waals surface area (Å²) in [6.45, 7) is 0.932. The second-order valence-electron chi connectivity index (χ2n) is 1.39. The van der Waals surface area contributed by atoms with Crippen molar-refractivity contribution in [2.45, 2.75) is 5.37 Å².